The van der Waals surface area contributed by atoms with E-state index in [1.165, 1.54) is 0 Å². The average Bonchev–Trinajstić information content (AvgIpc) is 0.918. The summed E-state index contributed by atoms with van der Waals surface area (Å²) >= 11 is 4.96. The standard InChI is InChI=1S/2HI.Pb.Sb/h2*1H;;/q;;+2;/p-2. The molecule has 0 amide bonds. The molecule has 0 aliphatic heterocycles. The third-order valence-electron chi connectivity index (χ3n) is 0. The molecular weight excluding hydrogens is 583 g/mol. The second-order valence-corrected chi connectivity index (χ2v) is 28.2. The molecule has 0 bridgehead atoms. The van der Waals surface area contributed by atoms with Crippen molar-refractivity contribution in [3.63, 3.8) is 0 Å². The van der Waals surface area contributed by atoms with Crippen LogP contribution in [0.5, 0.6) is 0 Å². The summed E-state index contributed by atoms with van der Waals surface area (Å²) in [4.78, 5) is 0. The van der Waals surface area contributed by atoms with Gasteiger partial charge in [0.25, 0.3) is 0 Å². The molecule has 0 unspecified atom stereocenters. The molecule has 0 N–H and O–H groups in total. The first kappa shape index (κ1) is 10.2. The van der Waals surface area contributed by atoms with Crippen molar-refractivity contribution in [1.82, 2.24) is 0 Å². The molecule has 0 aromatic carbocycles. The van der Waals surface area contributed by atoms with Crippen molar-refractivity contribution in [2.24, 2.45) is 0 Å². The van der Waals surface area contributed by atoms with Crippen LogP contribution in [0.4, 0.5) is 0 Å². The maximum atomic E-state index is 2.47. The number of hydrogen-bond acceptors (Lipinski definition) is 0. The molecule has 0 aromatic rings. The fourth-order valence-corrected chi connectivity index (χ4v) is 0. The Kier molecular flexibility index (Phi) is 24.3. The molecule has 23 valence electrons. The van der Waals surface area contributed by atoms with Crippen molar-refractivity contribution in [3.8, 4) is 0 Å². The van der Waals surface area contributed by atoms with Crippen LogP contribution in [0.2, 0.25) is 0 Å². The summed E-state index contributed by atoms with van der Waals surface area (Å²) in [7, 11) is 0. The molecule has 0 aliphatic rings. The minimum Gasteiger partial charge on any atom is 0 e. The second-order valence-electron chi connectivity index (χ2n) is 0.0714. The van der Waals surface area contributed by atoms with Gasteiger partial charge in [0.2, 0.25) is 0 Å². The molecule has 0 spiro atoms. The summed E-state index contributed by atoms with van der Waals surface area (Å²) in [5.41, 5.74) is 0. The zero-order valence-electron chi connectivity index (χ0n) is 1.70. The molecule has 4 heteroatoms. The van der Waals surface area contributed by atoms with Gasteiger partial charge in [-0.05, 0) is 0 Å². The maximum Gasteiger partial charge on any atom is 0 e. The van der Waals surface area contributed by atoms with E-state index in [1.54, 1.807) is 0 Å². The predicted octanol–water partition coefficient (Wildman–Crippen LogP) is 1.01. The summed E-state index contributed by atoms with van der Waals surface area (Å²) in [5, 5.41) is 0. The third kappa shape index (κ3) is 8.96. The van der Waals surface area contributed by atoms with Crippen LogP contribution in [0, 0.1) is 0 Å². The molecule has 0 aliphatic carbocycles. The van der Waals surface area contributed by atoms with Crippen molar-refractivity contribution in [3.05, 3.63) is 0 Å². The quantitative estimate of drug-likeness (QED) is 0.296. The fourth-order valence-electron chi connectivity index (χ4n) is 0. The monoisotopic (exact) mass is 583 g/mol. The van der Waals surface area contributed by atoms with Gasteiger partial charge in [0.1, 0.15) is 0 Å². The van der Waals surface area contributed by atoms with E-state index in [0.717, 1.165) is 0 Å². The topological polar surface area (TPSA) is 0 Å². The van der Waals surface area contributed by atoms with Crippen molar-refractivity contribution in [2.75, 3.05) is 0 Å². The van der Waals surface area contributed by atoms with Gasteiger partial charge < -0.3 is 0 Å². The van der Waals surface area contributed by atoms with Crippen LogP contribution >= 0.6 is 35.5 Å². The van der Waals surface area contributed by atoms with Gasteiger partial charge in [-0.25, -0.2) is 0 Å². The van der Waals surface area contributed by atoms with E-state index in [4.69, 9.17) is 0 Å². The van der Waals surface area contributed by atoms with Gasteiger partial charge in [0.05, 0.1) is 0 Å². The summed E-state index contributed by atoms with van der Waals surface area (Å²) in [6.45, 7) is 0. The summed E-state index contributed by atoms with van der Waals surface area (Å²) in [5.74, 6) is 0. The van der Waals surface area contributed by atoms with E-state index in [2.05, 4.69) is 35.5 Å². The normalized spacial score (nSPS) is 4.50. The minimum atomic E-state index is 0. The molecule has 0 rings (SSSR count). The van der Waals surface area contributed by atoms with E-state index in [-0.39, 0.29) is 40.1 Å². The minimum absolute atomic E-state index is 0. The van der Waals surface area contributed by atoms with Gasteiger partial charge in [-0.1, -0.05) is 0 Å². The third-order valence-corrected chi connectivity index (χ3v) is 0. The van der Waals surface area contributed by atoms with Crippen LogP contribution in [0.15, 0.2) is 0 Å². The molecule has 0 heterocycles. The number of halogens is 2. The first-order valence-corrected chi connectivity index (χ1v) is 22.2. The van der Waals surface area contributed by atoms with Crippen LogP contribution in [-0.2, 0) is 0 Å². The maximum absolute atomic E-state index is 2.47. The van der Waals surface area contributed by atoms with E-state index in [1.807, 2.05) is 0 Å². The molecule has 0 atom stereocenters. The molecule has 0 fully saturated rings. The second kappa shape index (κ2) is 9.50. The Morgan fingerprint density at radius 1 is 1.25 bits per heavy atom. The van der Waals surface area contributed by atoms with E-state index in [9.17, 15) is 0 Å². The van der Waals surface area contributed by atoms with Gasteiger partial charge in [-0.2, -0.15) is 0 Å². The average molecular weight is 583 g/mol. The van der Waals surface area contributed by atoms with Crippen molar-refractivity contribution < 1.29 is 0 Å². The van der Waals surface area contributed by atoms with Crippen molar-refractivity contribution in [2.45, 2.75) is 0 Å². The molecule has 0 saturated heterocycles. The smallest absolute Gasteiger partial charge is 0 e. The molecule has 0 saturated carbocycles. The Morgan fingerprint density at radius 3 is 1.25 bits per heavy atom. The summed E-state index contributed by atoms with van der Waals surface area (Å²) in [6.07, 6.45) is 0. The Labute approximate surface area is 73.4 Å². The molecule has 0 aromatic heterocycles. The van der Waals surface area contributed by atoms with Gasteiger partial charge in [-0.3, -0.25) is 0 Å². The van der Waals surface area contributed by atoms with Gasteiger partial charge >= 0.3 is 51.2 Å². The first-order valence-electron chi connectivity index (χ1n) is 0.378. The number of hydrogen-bond donors (Lipinski definition) is 0. The van der Waals surface area contributed by atoms with Crippen LogP contribution in [0.1, 0.15) is 0 Å². The van der Waals surface area contributed by atoms with Crippen molar-refractivity contribution in [1.29, 1.82) is 0 Å². The predicted molar refractivity (Wildman–Crippen MR) is 39.5 cm³/mol. The molecule has 5 radical (unpaired) electrons. The van der Waals surface area contributed by atoms with Crippen LogP contribution in [0.3, 0.4) is 0 Å². The zero-order chi connectivity index (χ0) is 2.71. The van der Waals surface area contributed by atoms with Crippen molar-refractivity contribution >= 4 is 75.6 Å². The number of rotatable bonds is 0. The Morgan fingerprint density at radius 2 is 1.25 bits per heavy atom. The van der Waals surface area contributed by atoms with Gasteiger partial charge in [-0.15, -0.1) is 0 Å². The Hall–Kier alpha value is 3.20. The first-order chi connectivity index (χ1) is 1.41. The van der Waals surface area contributed by atoms with Crippen LogP contribution in [-0.4, -0.2) is 40.1 Å². The van der Waals surface area contributed by atoms with Gasteiger partial charge in [0, 0.05) is 24.4 Å². The van der Waals surface area contributed by atoms with Gasteiger partial charge in [0.15, 0.2) is 0 Å². The molecular formula is I2PbSb. The summed E-state index contributed by atoms with van der Waals surface area (Å²) < 4.78 is 0. The fraction of sp³-hybridized carbons (Fsp3) is 0. The van der Waals surface area contributed by atoms with E-state index in [0.29, 0.717) is 0 Å². The van der Waals surface area contributed by atoms with Crippen LogP contribution in [0.25, 0.3) is 0 Å². The molecule has 0 nitrogen and oxygen atoms in total. The zero-order valence-corrected chi connectivity index (χ0v) is 12.5. The SMILES string of the molecule is [I][Pb][I].[Sb]. The molecule has 4 heavy (non-hydrogen) atoms. The van der Waals surface area contributed by atoms with E-state index < -0.39 is 0 Å². The summed E-state index contributed by atoms with van der Waals surface area (Å²) in [6, 6.07) is 0. The van der Waals surface area contributed by atoms with Crippen LogP contribution < -0.4 is 0 Å². The largest absolute Gasteiger partial charge is 0 e. The van der Waals surface area contributed by atoms with E-state index >= 15 is 0 Å². The Bertz CT molecular complexity index is 6.00. The Balaban J connectivity index is 0.